The van der Waals surface area contributed by atoms with Crippen LogP contribution in [0.25, 0.3) is 0 Å². The predicted octanol–water partition coefficient (Wildman–Crippen LogP) is 8.43. The van der Waals surface area contributed by atoms with Gasteiger partial charge < -0.3 is 0 Å². The molecule has 3 rings (SSSR count). The molecule has 0 amide bonds. The molecule has 0 saturated heterocycles. The second-order valence-electron chi connectivity index (χ2n) is 9.08. The summed E-state index contributed by atoms with van der Waals surface area (Å²) in [6, 6.07) is 4.39. The van der Waals surface area contributed by atoms with E-state index >= 15 is 0 Å². The van der Waals surface area contributed by atoms with Crippen molar-refractivity contribution in [2.24, 2.45) is 17.8 Å². The maximum Gasteiger partial charge on any atom is 0.238 e. The van der Waals surface area contributed by atoms with Gasteiger partial charge in [0.25, 0.3) is 0 Å². The highest BCUT2D eigenvalue weighted by molar-refractivity contribution is 5.22. The fraction of sp³-hybridized carbons (Fsp3) is 0.680. The van der Waals surface area contributed by atoms with Crippen LogP contribution in [0.3, 0.4) is 0 Å². The van der Waals surface area contributed by atoms with Crippen LogP contribution in [0.5, 0.6) is 0 Å². The van der Waals surface area contributed by atoms with E-state index in [0.717, 1.165) is 42.6 Å². The second-order valence-corrected chi connectivity index (χ2v) is 9.08. The first-order valence-electron chi connectivity index (χ1n) is 11.4. The largest absolute Gasteiger partial charge is 0.238 e. The number of hydrogen-bond donors (Lipinski definition) is 0. The van der Waals surface area contributed by atoms with E-state index in [9.17, 15) is 17.6 Å². The van der Waals surface area contributed by atoms with E-state index < -0.39 is 18.1 Å². The van der Waals surface area contributed by atoms with Crippen LogP contribution < -0.4 is 0 Å². The topological polar surface area (TPSA) is 0 Å². The molecule has 4 heteroatoms. The normalized spacial score (nSPS) is 28.3. The molecule has 0 N–H and O–H groups in total. The summed E-state index contributed by atoms with van der Waals surface area (Å²) in [6.45, 7) is 0. The molecule has 2 saturated carbocycles. The summed E-state index contributed by atoms with van der Waals surface area (Å²) in [5.74, 6) is 1.26. The molecule has 29 heavy (non-hydrogen) atoms. The minimum atomic E-state index is -2.19. The molecule has 0 radical (unpaired) electrons. The second kappa shape index (κ2) is 11.2. The molecule has 0 aromatic heterocycles. The van der Waals surface area contributed by atoms with Crippen molar-refractivity contribution in [2.75, 3.05) is 0 Å². The summed E-state index contributed by atoms with van der Waals surface area (Å²) in [6.07, 6.45) is 14.2. The Morgan fingerprint density at radius 2 is 1.41 bits per heavy atom. The van der Waals surface area contributed by atoms with Crippen LogP contribution in [0.1, 0.15) is 88.5 Å². The number of halogens is 4. The van der Waals surface area contributed by atoms with E-state index in [-0.39, 0.29) is 6.42 Å². The fourth-order valence-corrected chi connectivity index (χ4v) is 5.43. The van der Waals surface area contributed by atoms with E-state index in [2.05, 4.69) is 6.08 Å². The Bertz CT molecular complexity index is 638. The third-order valence-electron chi connectivity index (χ3n) is 7.20. The molecule has 0 unspecified atom stereocenters. The lowest BCUT2D eigenvalue weighted by Gasteiger charge is -2.38. The van der Waals surface area contributed by atoms with Gasteiger partial charge >= 0.3 is 0 Å². The van der Waals surface area contributed by atoms with Crippen LogP contribution in [0.4, 0.5) is 17.6 Å². The summed E-state index contributed by atoms with van der Waals surface area (Å²) in [5, 5.41) is 0. The maximum atomic E-state index is 13.5. The first kappa shape index (κ1) is 22.4. The molecule has 0 heterocycles. The standard InChI is InChI=1S/C25H34F4/c26-23-16-15-22(17-24(23)27)21-13-11-20(12-14-21)19-9-7-18(8-10-19)5-3-1-2-4-6-25(28)29/h1-2,15-21,25H,3-14H2. The van der Waals surface area contributed by atoms with Crippen molar-refractivity contribution in [3.63, 3.8) is 0 Å². The van der Waals surface area contributed by atoms with E-state index in [1.165, 1.54) is 57.1 Å². The number of benzene rings is 1. The van der Waals surface area contributed by atoms with Crippen molar-refractivity contribution in [1.29, 1.82) is 0 Å². The Morgan fingerprint density at radius 1 is 0.793 bits per heavy atom. The molecule has 162 valence electrons. The highest BCUT2D eigenvalue weighted by Crippen LogP contribution is 2.44. The molecule has 0 nitrogen and oxygen atoms in total. The van der Waals surface area contributed by atoms with Gasteiger partial charge in [-0.3, -0.25) is 0 Å². The van der Waals surface area contributed by atoms with Gasteiger partial charge in [0.05, 0.1) is 0 Å². The molecule has 0 aliphatic heterocycles. The molecule has 2 aliphatic carbocycles. The Labute approximate surface area is 172 Å². The van der Waals surface area contributed by atoms with Crippen molar-refractivity contribution in [1.82, 2.24) is 0 Å². The zero-order valence-electron chi connectivity index (χ0n) is 17.3. The van der Waals surface area contributed by atoms with Crippen LogP contribution in [-0.2, 0) is 0 Å². The van der Waals surface area contributed by atoms with Gasteiger partial charge in [-0.15, -0.1) is 0 Å². The van der Waals surface area contributed by atoms with Crippen molar-refractivity contribution in [3.8, 4) is 0 Å². The summed E-state index contributed by atoms with van der Waals surface area (Å²) in [7, 11) is 0. The van der Waals surface area contributed by atoms with Gasteiger partial charge in [0.15, 0.2) is 11.6 Å². The van der Waals surface area contributed by atoms with Gasteiger partial charge in [-0.2, -0.15) is 0 Å². The summed E-state index contributed by atoms with van der Waals surface area (Å²) in [4.78, 5) is 0. The summed E-state index contributed by atoms with van der Waals surface area (Å²) in [5.41, 5.74) is 0.952. The first-order valence-corrected chi connectivity index (χ1v) is 11.4. The summed E-state index contributed by atoms with van der Waals surface area (Å²) < 4.78 is 50.9. The molecule has 2 aliphatic rings. The Morgan fingerprint density at radius 3 is 2.03 bits per heavy atom. The van der Waals surface area contributed by atoms with Gasteiger partial charge in [0.1, 0.15) is 0 Å². The molecule has 0 spiro atoms. The lowest BCUT2D eigenvalue weighted by Crippen LogP contribution is -2.25. The first-order chi connectivity index (χ1) is 14.0. The molecule has 2 fully saturated rings. The number of hydrogen-bond acceptors (Lipinski definition) is 0. The van der Waals surface area contributed by atoms with Crippen molar-refractivity contribution in [2.45, 2.75) is 89.4 Å². The Hall–Kier alpha value is -1.32. The Balaban J connectivity index is 1.34. The lowest BCUT2D eigenvalue weighted by molar-refractivity contribution is 0.139. The minimum Gasteiger partial charge on any atom is -0.211 e. The molecule has 0 bridgehead atoms. The predicted molar refractivity (Wildman–Crippen MR) is 110 cm³/mol. The number of alkyl halides is 2. The molecule has 1 aromatic rings. The molecular formula is C25H34F4. The fourth-order valence-electron chi connectivity index (χ4n) is 5.43. The van der Waals surface area contributed by atoms with Crippen LogP contribution >= 0.6 is 0 Å². The molecule has 0 atom stereocenters. The van der Waals surface area contributed by atoms with Crippen LogP contribution in [0, 0.1) is 29.4 Å². The average Bonchev–Trinajstić information content (AvgIpc) is 2.73. The van der Waals surface area contributed by atoms with E-state index in [0.29, 0.717) is 12.3 Å². The van der Waals surface area contributed by atoms with Crippen molar-refractivity contribution < 1.29 is 17.6 Å². The third-order valence-corrected chi connectivity index (χ3v) is 7.20. The lowest BCUT2D eigenvalue weighted by atomic mass is 9.68. The van der Waals surface area contributed by atoms with Gasteiger partial charge in [-0.1, -0.05) is 31.1 Å². The molecule has 1 aromatic carbocycles. The number of rotatable bonds is 8. The minimum absolute atomic E-state index is 0.0278. The smallest absolute Gasteiger partial charge is 0.211 e. The number of allylic oxidation sites excluding steroid dienone is 2. The van der Waals surface area contributed by atoms with Crippen molar-refractivity contribution in [3.05, 3.63) is 47.5 Å². The zero-order valence-corrected chi connectivity index (χ0v) is 17.3. The van der Waals surface area contributed by atoms with Crippen LogP contribution in [0.15, 0.2) is 30.4 Å². The SMILES string of the molecule is Fc1ccc(C2CCC(C3CCC(CCC=CCCC(F)F)CC3)CC2)cc1F. The Kier molecular flexibility index (Phi) is 8.62. The van der Waals surface area contributed by atoms with E-state index in [1.807, 2.05) is 6.08 Å². The summed E-state index contributed by atoms with van der Waals surface area (Å²) >= 11 is 0. The van der Waals surface area contributed by atoms with Gasteiger partial charge in [0, 0.05) is 6.42 Å². The molecular weight excluding hydrogens is 376 g/mol. The van der Waals surface area contributed by atoms with E-state index in [1.54, 1.807) is 6.07 Å². The third kappa shape index (κ3) is 6.86. The van der Waals surface area contributed by atoms with Gasteiger partial charge in [-0.25, -0.2) is 17.6 Å². The maximum absolute atomic E-state index is 13.5. The van der Waals surface area contributed by atoms with Crippen LogP contribution in [0.2, 0.25) is 0 Å². The van der Waals surface area contributed by atoms with Crippen molar-refractivity contribution >= 4 is 0 Å². The van der Waals surface area contributed by atoms with E-state index in [4.69, 9.17) is 0 Å². The highest BCUT2D eigenvalue weighted by atomic mass is 19.3. The van der Waals surface area contributed by atoms with Crippen LogP contribution in [-0.4, -0.2) is 6.43 Å². The van der Waals surface area contributed by atoms with Gasteiger partial charge in [0.2, 0.25) is 6.43 Å². The van der Waals surface area contributed by atoms with Gasteiger partial charge in [-0.05, 0) is 99.2 Å². The zero-order chi connectivity index (χ0) is 20.6. The monoisotopic (exact) mass is 410 g/mol. The average molecular weight is 411 g/mol. The quantitative estimate of drug-likeness (QED) is 0.298. The highest BCUT2D eigenvalue weighted by Gasteiger charge is 2.31.